The Balaban J connectivity index is 2.11. The van der Waals surface area contributed by atoms with Gasteiger partial charge in [0.25, 0.3) is 0 Å². The van der Waals surface area contributed by atoms with Gasteiger partial charge in [-0.2, -0.15) is 5.26 Å². The lowest BCUT2D eigenvalue weighted by atomic mass is 9.96. The fourth-order valence-electron chi connectivity index (χ4n) is 2.75. The number of benzene rings is 1. The van der Waals surface area contributed by atoms with Crippen molar-refractivity contribution in [2.45, 2.75) is 6.42 Å². The zero-order valence-electron chi connectivity index (χ0n) is 13.0. The first-order chi connectivity index (χ1) is 10.7. The summed E-state index contributed by atoms with van der Waals surface area (Å²) in [5.74, 6) is 0. The Morgan fingerprint density at radius 3 is 2.86 bits per heavy atom. The number of nitrogens with zero attached hydrogens (tertiary/aromatic N) is 3. The summed E-state index contributed by atoms with van der Waals surface area (Å²) in [5, 5.41) is 9.17. The van der Waals surface area contributed by atoms with E-state index in [1.807, 2.05) is 23.0 Å². The maximum absolute atomic E-state index is 9.17. The van der Waals surface area contributed by atoms with Crippen molar-refractivity contribution in [3.63, 3.8) is 0 Å². The summed E-state index contributed by atoms with van der Waals surface area (Å²) in [5.41, 5.74) is 5.40. The van der Waals surface area contributed by atoms with E-state index in [2.05, 4.69) is 61.5 Å². The Hall–Kier alpha value is -2.57. The smallest absolute Gasteiger partial charge is 0.101 e. The summed E-state index contributed by atoms with van der Waals surface area (Å²) >= 11 is 0. The molecule has 0 spiro atoms. The third kappa shape index (κ3) is 2.74. The Kier molecular flexibility index (Phi) is 3.95. The summed E-state index contributed by atoms with van der Waals surface area (Å²) in [6, 6.07) is 12.6. The van der Waals surface area contributed by atoms with Gasteiger partial charge in [0, 0.05) is 24.5 Å². The van der Waals surface area contributed by atoms with Gasteiger partial charge in [-0.15, -0.1) is 0 Å². The van der Waals surface area contributed by atoms with Crippen LogP contribution in [0.5, 0.6) is 0 Å². The SMILES string of the molecule is CN(C)CCC=C1c2ccccc2C=Cn2cc(C#N)cc21. The predicted molar refractivity (Wildman–Crippen MR) is 91.1 cm³/mol. The van der Waals surface area contributed by atoms with Crippen molar-refractivity contribution >= 4 is 17.8 Å². The number of hydrogen-bond acceptors (Lipinski definition) is 2. The van der Waals surface area contributed by atoms with Gasteiger partial charge in [-0.3, -0.25) is 0 Å². The van der Waals surface area contributed by atoms with Crippen LogP contribution in [0.1, 0.15) is 28.8 Å². The first kappa shape index (κ1) is 14.4. The maximum Gasteiger partial charge on any atom is 0.101 e. The average Bonchev–Trinajstić information content (AvgIpc) is 2.87. The molecule has 1 aromatic heterocycles. The van der Waals surface area contributed by atoms with Crippen LogP contribution < -0.4 is 0 Å². The molecule has 0 atom stereocenters. The highest BCUT2D eigenvalue weighted by Crippen LogP contribution is 2.32. The van der Waals surface area contributed by atoms with Crippen molar-refractivity contribution < 1.29 is 0 Å². The van der Waals surface area contributed by atoms with Crippen molar-refractivity contribution in [3.8, 4) is 6.07 Å². The Morgan fingerprint density at radius 1 is 1.27 bits per heavy atom. The molecule has 0 saturated heterocycles. The van der Waals surface area contributed by atoms with Crippen molar-refractivity contribution in [2.75, 3.05) is 20.6 Å². The van der Waals surface area contributed by atoms with E-state index in [1.54, 1.807) is 0 Å². The lowest BCUT2D eigenvalue weighted by molar-refractivity contribution is 0.417. The van der Waals surface area contributed by atoms with Gasteiger partial charge in [0.2, 0.25) is 0 Å². The van der Waals surface area contributed by atoms with Crippen molar-refractivity contribution in [1.82, 2.24) is 9.47 Å². The zero-order chi connectivity index (χ0) is 15.5. The summed E-state index contributed by atoms with van der Waals surface area (Å²) < 4.78 is 2.04. The second-order valence-corrected chi connectivity index (χ2v) is 5.75. The molecule has 3 heteroatoms. The van der Waals surface area contributed by atoms with E-state index in [-0.39, 0.29) is 0 Å². The molecular formula is C19H19N3. The van der Waals surface area contributed by atoms with Crippen LogP contribution in [0.15, 0.2) is 42.6 Å². The summed E-state index contributed by atoms with van der Waals surface area (Å²) in [6.45, 7) is 1.00. The first-order valence-corrected chi connectivity index (χ1v) is 7.44. The molecule has 2 heterocycles. The quantitative estimate of drug-likeness (QED) is 0.736. The third-order valence-corrected chi connectivity index (χ3v) is 3.84. The first-order valence-electron chi connectivity index (χ1n) is 7.44. The minimum absolute atomic E-state index is 0.692. The third-order valence-electron chi connectivity index (χ3n) is 3.84. The van der Waals surface area contributed by atoms with Gasteiger partial charge in [0.05, 0.1) is 11.3 Å². The largest absolute Gasteiger partial charge is 0.322 e. The van der Waals surface area contributed by atoms with E-state index >= 15 is 0 Å². The number of hydrogen-bond donors (Lipinski definition) is 0. The van der Waals surface area contributed by atoms with E-state index in [4.69, 9.17) is 0 Å². The highest BCUT2D eigenvalue weighted by atomic mass is 15.0. The van der Waals surface area contributed by atoms with Gasteiger partial charge in [-0.1, -0.05) is 30.3 Å². The van der Waals surface area contributed by atoms with E-state index < -0.39 is 0 Å². The van der Waals surface area contributed by atoms with Crippen LogP contribution in [0.3, 0.4) is 0 Å². The normalized spacial score (nSPS) is 14.5. The molecular weight excluding hydrogens is 270 g/mol. The molecule has 2 aromatic rings. The van der Waals surface area contributed by atoms with Crippen LogP contribution in [0.25, 0.3) is 17.8 Å². The summed E-state index contributed by atoms with van der Waals surface area (Å²) in [4.78, 5) is 2.18. The standard InChI is InChI=1S/C19H19N3/c1-21(2)10-5-8-18-17-7-4-3-6-16(17)9-11-22-14-15(13-20)12-19(18)22/h3-4,6-9,11-12,14H,5,10H2,1-2H3. The number of aromatic nitrogens is 1. The van der Waals surface area contributed by atoms with Gasteiger partial charge in [-0.25, -0.2) is 0 Å². The Labute approximate surface area is 131 Å². The van der Waals surface area contributed by atoms with Gasteiger partial charge in [-0.05, 0) is 43.8 Å². The molecule has 0 fully saturated rings. The average molecular weight is 289 g/mol. The van der Waals surface area contributed by atoms with Gasteiger partial charge < -0.3 is 9.47 Å². The maximum atomic E-state index is 9.17. The predicted octanol–water partition coefficient (Wildman–Crippen LogP) is 3.68. The van der Waals surface area contributed by atoms with Crippen molar-refractivity contribution in [2.24, 2.45) is 0 Å². The minimum Gasteiger partial charge on any atom is -0.322 e. The molecule has 0 aliphatic carbocycles. The lowest BCUT2D eigenvalue weighted by Gasteiger charge is -2.12. The Morgan fingerprint density at radius 2 is 2.09 bits per heavy atom. The van der Waals surface area contributed by atoms with E-state index in [9.17, 15) is 5.26 Å². The van der Waals surface area contributed by atoms with Crippen LogP contribution in [0, 0.1) is 11.3 Å². The molecule has 110 valence electrons. The molecule has 0 radical (unpaired) electrons. The van der Waals surface area contributed by atoms with Crippen molar-refractivity contribution in [1.29, 1.82) is 5.26 Å². The summed E-state index contributed by atoms with van der Waals surface area (Å²) in [7, 11) is 4.16. The van der Waals surface area contributed by atoms with E-state index in [1.165, 1.54) is 16.7 Å². The number of fused-ring (bicyclic) bond motifs is 2. The highest BCUT2D eigenvalue weighted by Gasteiger charge is 2.16. The van der Waals surface area contributed by atoms with Crippen molar-refractivity contribution in [3.05, 3.63) is 65.0 Å². The lowest BCUT2D eigenvalue weighted by Crippen LogP contribution is -2.12. The molecule has 22 heavy (non-hydrogen) atoms. The highest BCUT2D eigenvalue weighted by molar-refractivity contribution is 5.88. The fraction of sp³-hybridized carbons (Fsp3) is 0.211. The second-order valence-electron chi connectivity index (χ2n) is 5.75. The Bertz CT molecular complexity index is 785. The molecule has 0 saturated carbocycles. The monoisotopic (exact) mass is 289 g/mol. The van der Waals surface area contributed by atoms with Gasteiger partial charge >= 0.3 is 0 Å². The van der Waals surface area contributed by atoms with Gasteiger partial charge in [0.15, 0.2) is 0 Å². The topological polar surface area (TPSA) is 32.0 Å². The van der Waals surface area contributed by atoms with E-state index in [0.717, 1.165) is 18.7 Å². The molecule has 3 nitrogen and oxygen atoms in total. The summed E-state index contributed by atoms with van der Waals surface area (Å²) in [6.07, 6.45) is 9.27. The molecule has 0 unspecified atom stereocenters. The minimum atomic E-state index is 0.692. The second kappa shape index (κ2) is 6.05. The number of nitriles is 1. The fourth-order valence-corrected chi connectivity index (χ4v) is 2.75. The van der Waals surface area contributed by atoms with Crippen LogP contribution >= 0.6 is 0 Å². The van der Waals surface area contributed by atoms with Crippen LogP contribution in [0.2, 0.25) is 0 Å². The van der Waals surface area contributed by atoms with Crippen LogP contribution in [-0.4, -0.2) is 30.1 Å². The molecule has 0 amide bonds. The molecule has 0 N–H and O–H groups in total. The number of rotatable bonds is 3. The van der Waals surface area contributed by atoms with E-state index in [0.29, 0.717) is 5.56 Å². The van der Waals surface area contributed by atoms with Crippen LogP contribution in [0.4, 0.5) is 0 Å². The molecule has 1 aliphatic rings. The molecule has 3 rings (SSSR count). The molecule has 1 aliphatic heterocycles. The zero-order valence-corrected chi connectivity index (χ0v) is 13.0. The van der Waals surface area contributed by atoms with Crippen LogP contribution in [-0.2, 0) is 0 Å². The molecule has 0 bridgehead atoms. The van der Waals surface area contributed by atoms with Gasteiger partial charge in [0.1, 0.15) is 6.07 Å². The molecule has 1 aromatic carbocycles.